The summed E-state index contributed by atoms with van der Waals surface area (Å²) < 4.78 is 183. The van der Waals surface area contributed by atoms with Crippen LogP contribution < -0.4 is 10.9 Å². The van der Waals surface area contributed by atoms with Gasteiger partial charge in [0.25, 0.3) is 0 Å². The van der Waals surface area contributed by atoms with Crippen molar-refractivity contribution in [2.75, 3.05) is 10.9 Å². The number of hydrogen-bond donors (Lipinski definition) is 2. The molecule has 0 atom stereocenters. The normalized spacial score (nSPS) is 14.1. The summed E-state index contributed by atoms with van der Waals surface area (Å²) in [7, 11) is 0. The highest BCUT2D eigenvalue weighted by Gasteiger charge is 2.74. The van der Waals surface area contributed by atoms with Crippen molar-refractivity contribution in [2.45, 2.75) is 49.9 Å². The molecule has 2 rings (SSSR count). The summed E-state index contributed by atoms with van der Waals surface area (Å²) in [6, 6.07) is 2.10. The Hall–Kier alpha value is -2.94. The highest BCUT2D eigenvalue weighted by atomic mass is 19.4. The first-order chi connectivity index (χ1) is 16.0. The van der Waals surface area contributed by atoms with Gasteiger partial charge in [-0.3, -0.25) is 0 Å². The fourth-order valence-corrected chi connectivity index (χ4v) is 3.25. The van der Waals surface area contributed by atoms with E-state index < -0.39 is 47.2 Å². The van der Waals surface area contributed by atoms with Gasteiger partial charge in [0.2, 0.25) is 0 Å². The minimum Gasteiger partial charge on any atom is -0.301 e. The van der Waals surface area contributed by atoms with Gasteiger partial charge in [-0.2, -0.15) is 52.7 Å². The van der Waals surface area contributed by atoms with Crippen molar-refractivity contribution in [3.8, 4) is 0 Å². The SMILES string of the molecule is Cc1cc(C(F)(C(F)(F)F)C(F)(F)F)cc(C)c1NNc1ccc(C(F)(C(F)(F)F)C(F)(F)F)cc1. The Bertz CT molecular complexity index is 1030. The number of alkyl halides is 14. The number of hydrogen-bond acceptors (Lipinski definition) is 2. The molecule has 2 aromatic carbocycles. The lowest BCUT2D eigenvalue weighted by molar-refractivity contribution is -0.349. The zero-order valence-corrected chi connectivity index (χ0v) is 17.8. The van der Waals surface area contributed by atoms with Gasteiger partial charge in [-0.25, -0.2) is 8.78 Å². The van der Waals surface area contributed by atoms with Crippen LogP contribution >= 0.6 is 0 Å². The predicted molar refractivity (Wildman–Crippen MR) is 99.4 cm³/mol. The summed E-state index contributed by atoms with van der Waals surface area (Å²) in [5, 5.41) is 0. The third kappa shape index (κ3) is 4.85. The summed E-state index contributed by atoms with van der Waals surface area (Å²) in [4.78, 5) is 0. The van der Waals surface area contributed by atoms with Crippen LogP contribution in [0.5, 0.6) is 0 Å². The molecule has 2 N–H and O–H groups in total. The third-order valence-corrected chi connectivity index (χ3v) is 5.11. The van der Waals surface area contributed by atoms with Crippen molar-refractivity contribution in [3.05, 3.63) is 58.7 Å². The molecule has 0 aromatic heterocycles. The molecule has 0 aliphatic carbocycles. The molecule has 2 nitrogen and oxygen atoms in total. The summed E-state index contributed by atoms with van der Waals surface area (Å²) >= 11 is 0. The molecule has 2 aromatic rings. The molecule has 0 aliphatic rings. The number of aryl methyl sites for hydroxylation is 2. The Balaban J connectivity index is 2.36. The van der Waals surface area contributed by atoms with Crippen molar-refractivity contribution in [3.63, 3.8) is 0 Å². The molecule has 202 valence electrons. The van der Waals surface area contributed by atoms with Gasteiger partial charge < -0.3 is 10.9 Å². The van der Waals surface area contributed by atoms with Crippen molar-refractivity contribution < 1.29 is 61.5 Å². The van der Waals surface area contributed by atoms with E-state index in [0.29, 0.717) is 12.1 Å². The fraction of sp³-hybridized carbons (Fsp3) is 0.400. The average Bonchev–Trinajstić information content (AvgIpc) is 2.68. The van der Waals surface area contributed by atoms with E-state index in [-0.39, 0.29) is 46.8 Å². The van der Waals surface area contributed by atoms with E-state index >= 15 is 0 Å². The maximum atomic E-state index is 14.3. The molecule has 0 aliphatic heterocycles. The van der Waals surface area contributed by atoms with Crippen LogP contribution in [0, 0.1) is 13.8 Å². The number of benzene rings is 2. The zero-order valence-electron chi connectivity index (χ0n) is 17.8. The lowest BCUT2D eigenvalue weighted by atomic mass is 9.90. The smallest absolute Gasteiger partial charge is 0.301 e. The molecule has 0 saturated heterocycles. The first-order valence-electron chi connectivity index (χ1n) is 9.37. The molecule has 0 heterocycles. The van der Waals surface area contributed by atoms with E-state index in [1.54, 1.807) is 0 Å². The Morgan fingerprint density at radius 3 is 1.14 bits per heavy atom. The first-order valence-corrected chi connectivity index (χ1v) is 9.37. The van der Waals surface area contributed by atoms with Crippen LogP contribution in [-0.2, 0) is 11.3 Å². The van der Waals surface area contributed by atoms with Crippen LogP contribution in [0.3, 0.4) is 0 Å². The molecule has 0 spiro atoms. The summed E-state index contributed by atoms with van der Waals surface area (Å²) in [6.45, 7) is 2.03. The zero-order chi connectivity index (χ0) is 28.1. The van der Waals surface area contributed by atoms with Crippen LogP contribution in [0.25, 0.3) is 0 Å². The maximum absolute atomic E-state index is 14.3. The Morgan fingerprint density at radius 2 is 0.806 bits per heavy atom. The van der Waals surface area contributed by atoms with E-state index in [2.05, 4.69) is 10.9 Å². The quantitative estimate of drug-likeness (QED) is 0.290. The lowest BCUT2D eigenvalue weighted by Crippen LogP contribution is -2.50. The van der Waals surface area contributed by atoms with Crippen LogP contribution in [0.15, 0.2) is 36.4 Å². The van der Waals surface area contributed by atoms with Gasteiger partial charge >= 0.3 is 36.0 Å². The van der Waals surface area contributed by atoms with Gasteiger partial charge in [-0.05, 0) is 37.1 Å². The van der Waals surface area contributed by atoms with Crippen LogP contribution in [-0.4, -0.2) is 24.7 Å². The Labute approximate surface area is 193 Å². The van der Waals surface area contributed by atoms with Crippen molar-refractivity contribution >= 4 is 11.4 Å². The fourth-order valence-electron chi connectivity index (χ4n) is 3.25. The molecule has 0 unspecified atom stereocenters. The number of hydrazine groups is 1. The highest BCUT2D eigenvalue weighted by molar-refractivity contribution is 5.62. The van der Waals surface area contributed by atoms with E-state index in [1.165, 1.54) is 0 Å². The van der Waals surface area contributed by atoms with Crippen molar-refractivity contribution in [1.82, 2.24) is 0 Å². The average molecular weight is 548 g/mol. The minimum atomic E-state index is -6.35. The second-order valence-corrected chi connectivity index (χ2v) is 7.62. The molecule has 0 amide bonds. The van der Waals surface area contributed by atoms with E-state index in [1.807, 2.05) is 0 Å². The lowest BCUT2D eigenvalue weighted by Gasteiger charge is -2.31. The second-order valence-electron chi connectivity index (χ2n) is 7.62. The number of nitrogens with one attached hydrogen (secondary N) is 2. The van der Waals surface area contributed by atoms with E-state index in [0.717, 1.165) is 13.8 Å². The van der Waals surface area contributed by atoms with Crippen molar-refractivity contribution in [1.29, 1.82) is 0 Å². The van der Waals surface area contributed by atoms with Gasteiger partial charge in [-0.15, -0.1) is 0 Å². The second kappa shape index (κ2) is 8.87. The molecule has 0 radical (unpaired) electrons. The van der Waals surface area contributed by atoms with Gasteiger partial charge in [0, 0.05) is 11.1 Å². The number of rotatable bonds is 5. The van der Waals surface area contributed by atoms with Crippen molar-refractivity contribution in [2.24, 2.45) is 0 Å². The monoisotopic (exact) mass is 548 g/mol. The largest absolute Gasteiger partial charge is 0.435 e. The molecule has 0 saturated carbocycles. The molecule has 16 heteroatoms. The molecule has 36 heavy (non-hydrogen) atoms. The van der Waals surface area contributed by atoms with Gasteiger partial charge in [0.05, 0.1) is 11.4 Å². The summed E-state index contributed by atoms with van der Waals surface area (Å²) in [6.07, 6.45) is -25.4. The van der Waals surface area contributed by atoms with E-state index in [4.69, 9.17) is 0 Å². The first kappa shape index (κ1) is 29.3. The third-order valence-electron chi connectivity index (χ3n) is 5.11. The van der Waals surface area contributed by atoms with Crippen LogP contribution in [0.1, 0.15) is 22.3 Å². The van der Waals surface area contributed by atoms with Gasteiger partial charge in [0.15, 0.2) is 0 Å². The maximum Gasteiger partial charge on any atom is 0.435 e. The van der Waals surface area contributed by atoms with Crippen LogP contribution in [0.2, 0.25) is 0 Å². The minimum absolute atomic E-state index is 0.178. The Morgan fingerprint density at radius 1 is 0.472 bits per heavy atom. The molecular formula is C20H14F14N2. The summed E-state index contributed by atoms with van der Waals surface area (Å²) in [5.74, 6) is 0. The van der Waals surface area contributed by atoms with E-state index in [9.17, 15) is 61.5 Å². The highest BCUT2D eigenvalue weighted by Crippen LogP contribution is 2.54. The summed E-state index contributed by atoms with van der Waals surface area (Å²) in [5.41, 5.74) is -11.5. The molecule has 0 bridgehead atoms. The van der Waals surface area contributed by atoms with Crippen LogP contribution in [0.4, 0.5) is 72.8 Å². The molecular weight excluding hydrogens is 534 g/mol. The van der Waals surface area contributed by atoms with Gasteiger partial charge in [-0.1, -0.05) is 24.3 Å². The number of halogens is 14. The van der Waals surface area contributed by atoms with Gasteiger partial charge in [0.1, 0.15) is 0 Å². The predicted octanol–water partition coefficient (Wildman–Crippen LogP) is 8.32. The Kier molecular flexibility index (Phi) is 7.21. The molecule has 0 fully saturated rings. The number of anilines is 2. The standard InChI is InChI=1S/C20H14F14N2/c1-9-7-12(16(22,19(29,30)31)20(32,33)34)8-10(2)14(9)36-35-13-5-3-11(4-6-13)15(21,17(23,24)25)18(26,27)28/h3-8,35-36H,1-2H3. The topological polar surface area (TPSA) is 24.1 Å².